The van der Waals surface area contributed by atoms with Gasteiger partial charge in [-0.2, -0.15) is 0 Å². The Morgan fingerprint density at radius 3 is 2.41 bits per heavy atom. The van der Waals surface area contributed by atoms with Gasteiger partial charge in [0.1, 0.15) is 5.82 Å². The van der Waals surface area contributed by atoms with Crippen LogP contribution in [0.15, 0.2) is 60.2 Å². The molecule has 3 nitrogen and oxygen atoms in total. The monoisotopic (exact) mass is 295 g/mol. The van der Waals surface area contributed by atoms with E-state index in [1.807, 2.05) is 30.3 Å². The van der Waals surface area contributed by atoms with Crippen LogP contribution < -0.4 is 0 Å². The molecule has 2 aromatic rings. The summed E-state index contributed by atoms with van der Waals surface area (Å²) in [6.07, 6.45) is 1.46. The molecular weight excluding hydrogens is 281 g/mol. The molecule has 110 valence electrons. The summed E-state index contributed by atoms with van der Waals surface area (Å²) in [7, 11) is 0. The molecule has 1 heterocycles. The second-order valence-corrected chi connectivity index (χ2v) is 5.17. The second kappa shape index (κ2) is 5.93. The first-order valence-corrected chi connectivity index (χ1v) is 6.98. The van der Waals surface area contributed by atoms with Gasteiger partial charge < -0.3 is 4.90 Å². The molecule has 0 radical (unpaired) electrons. The van der Waals surface area contributed by atoms with Gasteiger partial charge in [-0.05, 0) is 17.7 Å². The maximum absolute atomic E-state index is 13.7. The summed E-state index contributed by atoms with van der Waals surface area (Å²) in [6, 6.07) is 15.6. The van der Waals surface area contributed by atoms with Crippen molar-refractivity contribution < 1.29 is 14.0 Å². The van der Waals surface area contributed by atoms with Crippen molar-refractivity contribution in [3.8, 4) is 0 Å². The predicted molar refractivity (Wildman–Crippen MR) is 81.2 cm³/mol. The van der Waals surface area contributed by atoms with Crippen molar-refractivity contribution in [3.05, 3.63) is 77.1 Å². The highest BCUT2D eigenvalue weighted by molar-refractivity contribution is 6.45. The number of amides is 1. The number of benzene rings is 2. The van der Waals surface area contributed by atoms with E-state index >= 15 is 0 Å². The molecule has 1 saturated heterocycles. The molecule has 1 amide bonds. The predicted octanol–water partition coefficient (Wildman–Crippen LogP) is 2.82. The maximum Gasteiger partial charge on any atom is 0.295 e. The van der Waals surface area contributed by atoms with E-state index in [4.69, 9.17) is 0 Å². The number of hydrogen-bond donors (Lipinski definition) is 0. The topological polar surface area (TPSA) is 37.4 Å². The average Bonchev–Trinajstić information content (AvgIpc) is 2.79. The van der Waals surface area contributed by atoms with Crippen LogP contribution in [-0.2, 0) is 16.1 Å². The van der Waals surface area contributed by atoms with Crippen LogP contribution >= 0.6 is 0 Å². The molecule has 0 saturated carbocycles. The van der Waals surface area contributed by atoms with E-state index in [0.29, 0.717) is 17.7 Å². The summed E-state index contributed by atoms with van der Waals surface area (Å²) in [5.41, 5.74) is 1.60. The zero-order valence-electron chi connectivity index (χ0n) is 11.8. The SMILES string of the molecule is O=C1C(=O)N(Cc2ccccc2)C/C1=C/c1ccccc1F. The van der Waals surface area contributed by atoms with Gasteiger partial charge in [-0.1, -0.05) is 48.5 Å². The first-order valence-electron chi connectivity index (χ1n) is 6.98. The minimum atomic E-state index is -0.556. The number of Topliss-reactive ketones (excluding diaryl/α,β-unsaturated/α-hetero) is 1. The van der Waals surface area contributed by atoms with E-state index in [1.54, 1.807) is 18.2 Å². The van der Waals surface area contributed by atoms with Crippen LogP contribution in [0.3, 0.4) is 0 Å². The van der Waals surface area contributed by atoms with E-state index in [-0.39, 0.29) is 6.54 Å². The van der Waals surface area contributed by atoms with Gasteiger partial charge in [0, 0.05) is 17.7 Å². The molecule has 1 aliphatic rings. The molecule has 2 aromatic carbocycles. The summed E-state index contributed by atoms with van der Waals surface area (Å²) in [5.74, 6) is -1.50. The van der Waals surface area contributed by atoms with Crippen molar-refractivity contribution in [1.29, 1.82) is 0 Å². The van der Waals surface area contributed by atoms with Crippen LogP contribution in [0, 0.1) is 5.82 Å². The highest BCUT2D eigenvalue weighted by Gasteiger charge is 2.33. The first kappa shape index (κ1) is 14.2. The Morgan fingerprint density at radius 2 is 1.68 bits per heavy atom. The lowest BCUT2D eigenvalue weighted by Gasteiger charge is -2.13. The number of likely N-dealkylation sites (tertiary alicyclic amines) is 1. The van der Waals surface area contributed by atoms with Crippen LogP contribution in [0.25, 0.3) is 6.08 Å². The molecule has 1 aliphatic heterocycles. The number of nitrogens with zero attached hydrogens (tertiary/aromatic N) is 1. The fourth-order valence-corrected chi connectivity index (χ4v) is 2.45. The van der Waals surface area contributed by atoms with Crippen molar-refractivity contribution in [2.24, 2.45) is 0 Å². The third kappa shape index (κ3) is 2.81. The molecule has 0 atom stereocenters. The van der Waals surface area contributed by atoms with Gasteiger partial charge in [-0.3, -0.25) is 9.59 Å². The van der Waals surface area contributed by atoms with E-state index in [1.165, 1.54) is 17.0 Å². The summed E-state index contributed by atoms with van der Waals surface area (Å²) >= 11 is 0. The van der Waals surface area contributed by atoms with Crippen molar-refractivity contribution in [2.45, 2.75) is 6.54 Å². The lowest BCUT2D eigenvalue weighted by atomic mass is 10.1. The Morgan fingerprint density at radius 1 is 1.00 bits per heavy atom. The Hall–Kier alpha value is -2.75. The van der Waals surface area contributed by atoms with Crippen molar-refractivity contribution in [2.75, 3.05) is 6.54 Å². The molecule has 0 bridgehead atoms. The van der Waals surface area contributed by atoms with Crippen LogP contribution in [-0.4, -0.2) is 23.1 Å². The Kier molecular flexibility index (Phi) is 3.83. The molecule has 22 heavy (non-hydrogen) atoms. The molecule has 3 rings (SSSR count). The Balaban J connectivity index is 1.83. The summed E-state index contributed by atoms with van der Waals surface area (Å²) in [6.45, 7) is 0.584. The molecule has 1 fully saturated rings. The first-order chi connectivity index (χ1) is 10.6. The summed E-state index contributed by atoms with van der Waals surface area (Å²) in [4.78, 5) is 25.6. The lowest BCUT2D eigenvalue weighted by Crippen LogP contribution is -2.26. The van der Waals surface area contributed by atoms with Crippen LogP contribution in [0.1, 0.15) is 11.1 Å². The average molecular weight is 295 g/mol. The van der Waals surface area contributed by atoms with Gasteiger partial charge >= 0.3 is 0 Å². The third-order valence-corrected chi connectivity index (χ3v) is 3.59. The van der Waals surface area contributed by atoms with Crippen molar-refractivity contribution in [1.82, 2.24) is 4.90 Å². The number of rotatable bonds is 3. The van der Waals surface area contributed by atoms with Gasteiger partial charge in [0.2, 0.25) is 5.78 Å². The summed E-state index contributed by atoms with van der Waals surface area (Å²) in [5, 5.41) is 0. The zero-order chi connectivity index (χ0) is 15.5. The minimum absolute atomic E-state index is 0.209. The Labute approximate surface area is 127 Å². The van der Waals surface area contributed by atoms with Crippen LogP contribution in [0.2, 0.25) is 0 Å². The second-order valence-electron chi connectivity index (χ2n) is 5.17. The van der Waals surface area contributed by atoms with E-state index < -0.39 is 17.5 Å². The Bertz CT molecular complexity index is 753. The standard InChI is InChI=1S/C18H14FNO2/c19-16-9-5-4-8-14(16)10-15-12-20(18(22)17(15)21)11-13-6-2-1-3-7-13/h1-10H,11-12H2/b15-10-. The van der Waals surface area contributed by atoms with Crippen LogP contribution in [0.5, 0.6) is 0 Å². The fraction of sp³-hybridized carbons (Fsp3) is 0.111. The number of hydrogen-bond acceptors (Lipinski definition) is 2. The number of carbonyl (C=O) groups excluding carboxylic acids is 2. The van der Waals surface area contributed by atoms with Crippen molar-refractivity contribution in [3.63, 3.8) is 0 Å². The molecule has 0 spiro atoms. The summed E-state index contributed by atoms with van der Waals surface area (Å²) < 4.78 is 13.7. The van der Waals surface area contributed by atoms with E-state index in [9.17, 15) is 14.0 Å². The minimum Gasteiger partial charge on any atom is -0.327 e. The molecule has 0 N–H and O–H groups in total. The van der Waals surface area contributed by atoms with Crippen LogP contribution in [0.4, 0.5) is 4.39 Å². The molecule has 4 heteroatoms. The molecular formula is C18H14FNO2. The maximum atomic E-state index is 13.7. The van der Waals surface area contributed by atoms with Gasteiger partial charge in [0.25, 0.3) is 5.91 Å². The van der Waals surface area contributed by atoms with Gasteiger partial charge in [-0.25, -0.2) is 4.39 Å². The largest absolute Gasteiger partial charge is 0.327 e. The number of halogens is 1. The van der Waals surface area contributed by atoms with Gasteiger partial charge in [0.05, 0.1) is 6.54 Å². The van der Waals surface area contributed by atoms with E-state index in [0.717, 1.165) is 5.56 Å². The third-order valence-electron chi connectivity index (χ3n) is 3.59. The normalized spacial score (nSPS) is 16.6. The highest BCUT2D eigenvalue weighted by Crippen LogP contribution is 2.20. The van der Waals surface area contributed by atoms with E-state index in [2.05, 4.69) is 0 Å². The molecule has 0 aromatic heterocycles. The van der Waals surface area contributed by atoms with Gasteiger partial charge in [-0.15, -0.1) is 0 Å². The number of carbonyl (C=O) groups is 2. The highest BCUT2D eigenvalue weighted by atomic mass is 19.1. The lowest BCUT2D eigenvalue weighted by molar-refractivity contribution is -0.139. The van der Waals surface area contributed by atoms with Crippen molar-refractivity contribution >= 4 is 17.8 Å². The fourth-order valence-electron chi connectivity index (χ4n) is 2.45. The smallest absolute Gasteiger partial charge is 0.295 e. The molecule has 0 aliphatic carbocycles. The number of ketones is 1. The van der Waals surface area contributed by atoms with Gasteiger partial charge in [0.15, 0.2) is 0 Å². The zero-order valence-corrected chi connectivity index (χ0v) is 11.8. The molecule has 0 unspecified atom stereocenters. The quantitative estimate of drug-likeness (QED) is 0.645.